The second-order valence-electron chi connectivity index (χ2n) is 18.5. The number of para-hydroxylation sites is 1. The highest BCUT2D eigenvalue weighted by Crippen LogP contribution is 2.75. The second-order valence-corrected chi connectivity index (χ2v) is 18.5. The number of H-pyrrole nitrogens is 1. The van der Waals surface area contributed by atoms with Crippen molar-refractivity contribution in [2.75, 3.05) is 0 Å². The van der Waals surface area contributed by atoms with Gasteiger partial charge in [0.25, 0.3) is 0 Å². The number of rotatable bonds is 3. The maximum absolute atomic E-state index is 14.4. The number of aromatic amines is 1. The number of hydrogen-bond acceptors (Lipinski definition) is 1. The molecule has 5 aliphatic carbocycles. The summed E-state index contributed by atoms with van der Waals surface area (Å²) in [6.07, 6.45) is 13.0. The van der Waals surface area contributed by atoms with E-state index in [0.29, 0.717) is 30.2 Å². The summed E-state index contributed by atoms with van der Waals surface area (Å²) in [4.78, 5) is 18.4. The molecule has 1 heterocycles. The zero-order valence-corrected chi connectivity index (χ0v) is 29.5. The summed E-state index contributed by atoms with van der Waals surface area (Å²) >= 11 is 0. The molecule has 3 aromatic rings. The number of allylic oxidation sites excluding steroid dienone is 2. The van der Waals surface area contributed by atoms with Gasteiger partial charge in [0.1, 0.15) is 0 Å². The monoisotopic (exact) mass is 616 g/mol. The van der Waals surface area contributed by atoms with E-state index in [1.165, 1.54) is 41.4 Å². The molecule has 2 aromatic carbocycles. The lowest BCUT2D eigenvalue weighted by molar-refractivity contribution is -0.167. The molecular formula is C43H56N2O. The molecule has 0 radical (unpaired) electrons. The fourth-order valence-electron chi connectivity index (χ4n) is 12.9. The van der Waals surface area contributed by atoms with Crippen LogP contribution in [0.3, 0.4) is 0 Å². The number of benzene rings is 2. The van der Waals surface area contributed by atoms with E-state index in [2.05, 4.69) is 119 Å². The minimum absolute atomic E-state index is 0.111. The standard InChI is InChI=1S/C43H56N2O/c1-38(2)21-23-43(37(46)44-27-28-13-9-8-10-14-28)24-22-41(6)31(32(43)26-38)17-18-35-40(5)25-30-29-15-11-12-16-33(29)45-36(30)39(3,4)34(40)19-20-42(35,41)7/h8-17,32,34-35,45H,18-27H2,1-7H3,(H,44,46)/t32-,34-,35+,40-,41+,42+,43-/m0/s1. The number of hydrogen-bond donors (Lipinski definition) is 2. The van der Waals surface area contributed by atoms with Gasteiger partial charge in [-0.3, -0.25) is 4.79 Å². The Morgan fingerprint density at radius 3 is 2.35 bits per heavy atom. The van der Waals surface area contributed by atoms with E-state index in [4.69, 9.17) is 0 Å². The Kier molecular flexibility index (Phi) is 6.54. The summed E-state index contributed by atoms with van der Waals surface area (Å²) in [7, 11) is 0. The van der Waals surface area contributed by atoms with Crippen LogP contribution in [0.4, 0.5) is 0 Å². The van der Waals surface area contributed by atoms with Gasteiger partial charge in [-0.2, -0.15) is 0 Å². The van der Waals surface area contributed by atoms with Gasteiger partial charge in [-0.15, -0.1) is 0 Å². The molecule has 0 unspecified atom stereocenters. The van der Waals surface area contributed by atoms with Crippen molar-refractivity contribution >= 4 is 16.8 Å². The van der Waals surface area contributed by atoms with E-state index < -0.39 is 0 Å². The normalized spacial score (nSPS) is 38.8. The molecule has 46 heavy (non-hydrogen) atoms. The van der Waals surface area contributed by atoms with Crippen molar-refractivity contribution < 1.29 is 4.79 Å². The van der Waals surface area contributed by atoms with Crippen molar-refractivity contribution in [2.45, 2.75) is 118 Å². The predicted molar refractivity (Wildman–Crippen MR) is 189 cm³/mol. The van der Waals surface area contributed by atoms with Crippen LogP contribution in [0.1, 0.15) is 117 Å². The number of fused-ring (bicyclic) bond motifs is 10. The topological polar surface area (TPSA) is 44.9 Å². The Morgan fingerprint density at radius 1 is 0.848 bits per heavy atom. The summed E-state index contributed by atoms with van der Waals surface area (Å²) in [5.74, 6) is 1.92. The maximum atomic E-state index is 14.4. The average molecular weight is 617 g/mol. The molecule has 3 heteroatoms. The molecule has 0 bridgehead atoms. The first-order chi connectivity index (χ1) is 21.8. The predicted octanol–water partition coefficient (Wildman–Crippen LogP) is 10.3. The van der Waals surface area contributed by atoms with Crippen LogP contribution < -0.4 is 5.32 Å². The van der Waals surface area contributed by atoms with E-state index in [9.17, 15) is 4.79 Å². The van der Waals surface area contributed by atoms with Gasteiger partial charge in [-0.25, -0.2) is 0 Å². The largest absolute Gasteiger partial charge is 0.358 e. The molecule has 0 saturated heterocycles. The molecule has 244 valence electrons. The van der Waals surface area contributed by atoms with Crippen LogP contribution in [-0.4, -0.2) is 10.9 Å². The molecule has 7 atom stereocenters. The Morgan fingerprint density at radius 2 is 1.57 bits per heavy atom. The van der Waals surface area contributed by atoms with E-state index in [-0.39, 0.29) is 32.5 Å². The average Bonchev–Trinajstić information content (AvgIpc) is 3.39. The highest BCUT2D eigenvalue weighted by Gasteiger charge is 2.69. The van der Waals surface area contributed by atoms with Crippen LogP contribution in [0.5, 0.6) is 0 Å². The first-order valence-corrected chi connectivity index (χ1v) is 18.4. The van der Waals surface area contributed by atoms with Crippen LogP contribution in [0, 0.1) is 44.8 Å². The Balaban J connectivity index is 1.18. The molecule has 3 nitrogen and oxygen atoms in total. The van der Waals surface area contributed by atoms with Crippen molar-refractivity contribution in [3.05, 3.63) is 83.1 Å². The summed E-state index contributed by atoms with van der Waals surface area (Å²) in [6.45, 7) is 18.6. The smallest absolute Gasteiger partial charge is 0.227 e. The number of carbonyl (C=O) groups is 1. The van der Waals surface area contributed by atoms with Gasteiger partial charge in [-0.05, 0) is 114 Å². The van der Waals surface area contributed by atoms with Crippen molar-refractivity contribution in [1.29, 1.82) is 0 Å². The lowest BCUT2D eigenvalue weighted by Crippen LogP contribution is -2.65. The van der Waals surface area contributed by atoms with Crippen LogP contribution in [0.15, 0.2) is 66.2 Å². The highest BCUT2D eigenvalue weighted by atomic mass is 16.2. The van der Waals surface area contributed by atoms with Gasteiger partial charge in [0, 0.05) is 28.6 Å². The van der Waals surface area contributed by atoms with Crippen molar-refractivity contribution in [2.24, 2.45) is 44.8 Å². The second kappa shape index (κ2) is 9.86. The molecule has 1 aromatic heterocycles. The maximum Gasteiger partial charge on any atom is 0.227 e. The SMILES string of the molecule is CC1(C)CC[C@]2(C(=O)NCc3ccccc3)CC[C@]3(C)C(=CC[C@@H]4[C@@]5(C)Cc6c([nH]c7ccccc67)C(C)(C)[C@@H]5CC[C@]43C)[C@@H]2C1. The Labute approximate surface area is 277 Å². The number of carbonyl (C=O) groups excluding carboxylic acids is 1. The van der Waals surface area contributed by atoms with Gasteiger partial charge in [0.2, 0.25) is 5.91 Å². The minimum Gasteiger partial charge on any atom is -0.358 e. The number of amides is 1. The Hall–Kier alpha value is -2.81. The fourth-order valence-corrected chi connectivity index (χ4v) is 12.9. The molecule has 1 amide bonds. The van der Waals surface area contributed by atoms with E-state index in [0.717, 1.165) is 38.5 Å². The summed E-state index contributed by atoms with van der Waals surface area (Å²) in [6, 6.07) is 19.5. The van der Waals surface area contributed by atoms with Gasteiger partial charge in [-0.1, -0.05) is 109 Å². The zero-order valence-electron chi connectivity index (χ0n) is 29.5. The molecule has 2 N–H and O–H groups in total. The van der Waals surface area contributed by atoms with Gasteiger partial charge in [0.15, 0.2) is 0 Å². The van der Waals surface area contributed by atoms with Crippen LogP contribution in [-0.2, 0) is 23.2 Å². The van der Waals surface area contributed by atoms with Crippen LogP contribution >= 0.6 is 0 Å². The van der Waals surface area contributed by atoms with Crippen molar-refractivity contribution in [3.8, 4) is 0 Å². The van der Waals surface area contributed by atoms with E-state index >= 15 is 0 Å². The fraction of sp³-hybridized carbons (Fsp3) is 0.605. The summed E-state index contributed by atoms with van der Waals surface area (Å²) in [5, 5.41) is 4.90. The minimum atomic E-state index is -0.286. The highest BCUT2D eigenvalue weighted by molar-refractivity contribution is 5.86. The number of aromatic nitrogens is 1. The third-order valence-electron chi connectivity index (χ3n) is 15.5. The van der Waals surface area contributed by atoms with Gasteiger partial charge in [0.05, 0.1) is 5.41 Å². The Bertz CT molecular complexity index is 1730. The van der Waals surface area contributed by atoms with Gasteiger partial charge >= 0.3 is 0 Å². The zero-order chi connectivity index (χ0) is 32.3. The van der Waals surface area contributed by atoms with Gasteiger partial charge < -0.3 is 10.3 Å². The molecule has 0 aliphatic heterocycles. The summed E-state index contributed by atoms with van der Waals surface area (Å²) in [5.41, 5.74) is 7.87. The van der Waals surface area contributed by atoms with Crippen molar-refractivity contribution in [3.63, 3.8) is 0 Å². The molecule has 3 fully saturated rings. The summed E-state index contributed by atoms with van der Waals surface area (Å²) < 4.78 is 0. The molecule has 3 saturated carbocycles. The molecule has 5 aliphatic rings. The molecular weight excluding hydrogens is 560 g/mol. The lowest BCUT2D eigenvalue weighted by atomic mass is 9.33. The third kappa shape index (κ3) is 3.99. The van der Waals surface area contributed by atoms with Crippen LogP contribution in [0.25, 0.3) is 10.9 Å². The van der Waals surface area contributed by atoms with Crippen molar-refractivity contribution in [1.82, 2.24) is 10.3 Å². The first kappa shape index (κ1) is 30.5. The molecule has 0 spiro atoms. The lowest BCUT2D eigenvalue weighted by Gasteiger charge is -2.70. The van der Waals surface area contributed by atoms with E-state index in [1.54, 1.807) is 11.1 Å². The quantitative estimate of drug-likeness (QED) is 0.283. The van der Waals surface area contributed by atoms with Crippen LogP contribution in [0.2, 0.25) is 0 Å². The number of nitrogens with one attached hydrogen (secondary N) is 2. The van der Waals surface area contributed by atoms with E-state index in [1.807, 2.05) is 0 Å². The first-order valence-electron chi connectivity index (χ1n) is 18.4. The molecule has 8 rings (SSSR count). The third-order valence-corrected chi connectivity index (χ3v) is 15.5.